The van der Waals surface area contributed by atoms with Crippen molar-refractivity contribution in [3.63, 3.8) is 0 Å². The van der Waals surface area contributed by atoms with Crippen molar-refractivity contribution in [2.24, 2.45) is 0 Å². The molecule has 0 aromatic carbocycles. The molecule has 1 amide bonds. The number of hydrogen-bond donors (Lipinski definition) is 2. The molecule has 1 fully saturated rings. The molecule has 0 unspecified atom stereocenters. The van der Waals surface area contributed by atoms with E-state index < -0.39 is 6.10 Å². The Morgan fingerprint density at radius 1 is 1.62 bits per heavy atom. The summed E-state index contributed by atoms with van der Waals surface area (Å²) in [6, 6.07) is 1.44. The van der Waals surface area contributed by atoms with Crippen LogP contribution < -0.4 is 5.32 Å². The number of carbonyl (C=O) groups is 1. The molecule has 1 aromatic rings. The van der Waals surface area contributed by atoms with Gasteiger partial charge in [-0.2, -0.15) is 0 Å². The van der Waals surface area contributed by atoms with Gasteiger partial charge in [0.1, 0.15) is 0 Å². The minimum absolute atomic E-state index is 0.0171. The smallest absolute Gasteiger partial charge is 0.220 e. The van der Waals surface area contributed by atoms with Gasteiger partial charge in [-0.3, -0.25) is 4.79 Å². The summed E-state index contributed by atoms with van der Waals surface area (Å²) in [5.41, 5.74) is 0.820. The number of furan rings is 1. The first-order valence-electron chi connectivity index (χ1n) is 4.27. The Hall–Kier alpha value is -1.29. The molecule has 1 aromatic heterocycles. The lowest BCUT2D eigenvalue weighted by atomic mass is 9.96. The third kappa shape index (κ3) is 1.58. The van der Waals surface area contributed by atoms with E-state index in [2.05, 4.69) is 5.32 Å². The Bertz CT molecular complexity index is 294. The van der Waals surface area contributed by atoms with Gasteiger partial charge in [0, 0.05) is 12.0 Å². The van der Waals surface area contributed by atoms with Crippen molar-refractivity contribution in [2.45, 2.75) is 25.0 Å². The van der Waals surface area contributed by atoms with Crippen LogP contribution in [0.1, 0.15) is 24.4 Å². The zero-order valence-electron chi connectivity index (χ0n) is 7.06. The Labute approximate surface area is 75.6 Å². The van der Waals surface area contributed by atoms with Crippen molar-refractivity contribution in [2.75, 3.05) is 0 Å². The first-order chi connectivity index (χ1) is 6.27. The fourth-order valence-electron chi connectivity index (χ4n) is 1.54. The second-order valence-corrected chi connectivity index (χ2v) is 3.21. The standard InChI is InChI=1S/C9H11NO3/c11-7-1-2-8(12)10-9(7)6-3-4-13-5-6/h3-5,7,9,11H,1-2H2,(H,10,12)/t7-,9-/m1/s1. The van der Waals surface area contributed by atoms with Crippen LogP contribution in [0.4, 0.5) is 0 Å². The van der Waals surface area contributed by atoms with E-state index in [1.54, 1.807) is 12.3 Å². The zero-order chi connectivity index (χ0) is 9.26. The number of hydrogen-bond acceptors (Lipinski definition) is 3. The second kappa shape index (κ2) is 3.22. The Morgan fingerprint density at radius 2 is 2.46 bits per heavy atom. The third-order valence-electron chi connectivity index (χ3n) is 2.27. The molecule has 0 spiro atoms. The summed E-state index contributed by atoms with van der Waals surface area (Å²) in [5.74, 6) is -0.0171. The molecule has 70 valence electrons. The summed E-state index contributed by atoms with van der Waals surface area (Å²) in [7, 11) is 0. The van der Waals surface area contributed by atoms with Crippen molar-refractivity contribution in [1.82, 2.24) is 5.32 Å². The molecular formula is C9H11NO3. The van der Waals surface area contributed by atoms with Gasteiger partial charge in [0.15, 0.2) is 0 Å². The number of rotatable bonds is 1. The van der Waals surface area contributed by atoms with Crippen molar-refractivity contribution in [3.8, 4) is 0 Å². The van der Waals surface area contributed by atoms with E-state index in [0.717, 1.165) is 5.56 Å². The first kappa shape index (κ1) is 8.31. The third-order valence-corrected chi connectivity index (χ3v) is 2.27. The molecule has 4 nitrogen and oxygen atoms in total. The Morgan fingerprint density at radius 3 is 3.15 bits per heavy atom. The van der Waals surface area contributed by atoms with Crippen molar-refractivity contribution in [1.29, 1.82) is 0 Å². The minimum atomic E-state index is -0.504. The molecule has 0 saturated carbocycles. The quantitative estimate of drug-likeness (QED) is 0.666. The highest BCUT2D eigenvalue weighted by Gasteiger charge is 2.28. The Kier molecular flexibility index (Phi) is 2.06. The predicted octanol–water partition coefficient (Wildman–Crippen LogP) is 0.592. The van der Waals surface area contributed by atoms with Crippen LogP contribution in [0.25, 0.3) is 0 Å². The average Bonchev–Trinajstić information content (AvgIpc) is 2.61. The molecular weight excluding hydrogens is 170 g/mol. The summed E-state index contributed by atoms with van der Waals surface area (Å²) in [4.78, 5) is 11.1. The van der Waals surface area contributed by atoms with Crippen LogP contribution >= 0.6 is 0 Å². The first-order valence-corrected chi connectivity index (χ1v) is 4.27. The monoisotopic (exact) mass is 181 g/mol. The lowest BCUT2D eigenvalue weighted by Crippen LogP contribution is -2.41. The van der Waals surface area contributed by atoms with Gasteiger partial charge >= 0.3 is 0 Å². The lowest BCUT2D eigenvalue weighted by molar-refractivity contribution is -0.126. The molecule has 0 bridgehead atoms. The van der Waals surface area contributed by atoms with E-state index in [9.17, 15) is 9.90 Å². The fraction of sp³-hybridized carbons (Fsp3) is 0.444. The number of nitrogens with one attached hydrogen (secondary N) is 1. The second-order valence-electron chi connectivity index (χ2n) is 3.21. The summed E-state index contributed by atoms with van der Waals surface area (Å²) >= 11 is 0. The van der Waals surface area contributed by atoms with E-state index in [4.69, 9.17) is 4.42 Å². The van der Waals surface area contributed by atoms with Gasteiger partial charge in [-0.05, 0) is 12.5 Å². The topological polar surface area (TPSA) is 62.5 Å². The molecule has 1 saturated heterocycles. The van der Waals surface area contributed by atoms with E-state index in [1.165, 1.54) is 6.26 Å². The largest absolute Gasteiger partial charge is 0.472 e. The Balaban J connectivity index is 2.17. The van der Waals surface area contributed by atoms with Gasteiger partial charge in [0.05, 0.1) is 24.7 Å². The minimum Gasteiger partial charge on any atom is -0.472 e. The van der Waals surface area contributed by atoms with E-state index in [1.807, 2.05) is 0 Å². The van der Waals surface area contributed by atoms with Crippen LogP contribution in [0.3, 0.4) is 0 Å². The van der Waals surface area contributed by atoms with Crippen LogP contribution in [-0.4, -0.2) is 17.1 Å². The summed E-state index contributed by atoms with van der Waals surface area (Å²) in [5, 5.41) is 12.3. The van der Waals surface area contributed by atoms with Crippen LogP contribution in [0.15, 0.2) is 23.0 Å². The number of aliphatic hydroxyl groups excluding tert-OH is 1. The summed E-state index contributed by atoms with van der Waals surface area (Å²) in [6.07, 6.45) is 3.48. The molecule has 0 aliphatic carbocycles. The average molecular weight is 181 g/mol. The highest BCUT2D eigenvalue weighted by Crippen LogP contribution is 2.23. The predicted molar refractivity (Wildman–Crippen MR) is 44.8 cm³/mol. The van der Waals surface area contributed by atoms with Crippen LogP contribution in [-0.2, 0) is 4.79 Å². The zero-order valence-corrected chi connectivity index (χ0v) is 7.06. The molecule has 13 heavy (non-hydrogen) atoms. The maximum Gasteiger partial charge on any atom is 0.220 e. The van der Waals surface area contributed by atoms with Gasteiger partial charge in [-0.25, -0.2) is 0 Å². The van der Waals surface area contributed by atoms with E-state index in [-0.39, 0.29) is 11.9 Å². The van der Waals surface area contributed by atoms with Crippen LogP contribution in [0.2, 0.25) is 0 Å². The molecule has 2 heterocycles. The molecule has 2 atom stereocenters. The number of aliphatic hydroxyl groups is 1. The lowest BCUT2D eigenvalue weighted by Gasteiger charge is -2.27. The maximum absolute atomic E-state index is 11.1. The van der Waals surface area contributed by atoms with E-state index >= 15 is 0 Å². The van der Waals surface area contributed by atoms with Gasteiger partial charge in [0.25, 0.3) is 0 Å². The van der Waals surface area contributed by atoms with Crippen LogP contribution in [0, 0.1) is 0 Å². The van der Waals surface area contributed by atoms with Gasteiger partial charge in [-0.15, -0.1) is 0 Å². The molecule has 2 rings (SSSR count). The van der Waals surface area contributed by atoms with Crippen molar-refractivity contribution in [3.05, 3.63) is 24.2 Å². The van der Waals surface area contributed by atoms with Gasteiger partial charge in [0.2, 0.25) is 5.91 Å². The van der Waals surface area contributed by atoms with Gasteiger partial charge < -0.3 is 14.8 Å². The molecule has 4 heteroatoms. The normalized spacial score (nSPS) is 28.5. The summed E-state index contributed by atoms with van der Waals surface area (Å²) < 4.78 is 4.89. The van der Waals surface area contributed by atoms with Crippen LogP contribution in [0.5, 0.6) is 0 Å². The number of piperidine rings is 1. The molecule has 1 aliphatic heterocycles. The van der Waals surface area contributed by atoms with Gasteiger partial charge in [-0.1, -0.05) is 0 Å². The number of carbonyl (C=O) groups excluding carboxylic acids is 1. The molecule has 0 radical (unpaired) electrons. The van der Waals surface area contributed by atoms with E-state index in [0.29, 0.717) is 12.8 Å². The highest BCUT2D eigenvalue weighted by molar-refractivity contribution is 5.77. The SMILES string of the molecule is O=C1CC[C@@H](O)[C@@H](c2ccoc2)N1. The number of amides is 1. The molecule has 2 N–H and O–H groups in total. The van der Waals surface area contributed by atoms with Crippen molar-refractivity contribution >= 4 is 5.91 Å². The fourth-order valence-corrected chi connectivity index (χ4v) is 1.54. The van der Waals surface area contributed by atoms with Crippen molar-refractivity contribution < 1.29 is 14.3 Å². The summed E-state index contributed by atoms with van der Waals surface area (Å²) in [6.45, 7) is 0. The maximum atomic E-state index is 11.1. The highest BCUT2D eigenvalue weighted by atomic mass is 16.3. The molecule has 1 aliphatic rings.